The van der Waals surface area contributed by atoms with Gasteiger partial charge in [-0.15, -0.1) is 0 Å². The molecule has 0 bridgehead atoms. The molecule has 0 aromatic heterocycles. The summed E-state index contributed by atoms with van der Waals surface area (Å²) >= 11 is 0. The maximum atomic E-state index is 10.5. The first-order chi connectivity index (χ1) is 4.66. The molecule has 0 saturated carbocycles. The Bertz CT molecular complexity index is 164. The fourth-order valence-corrected chi connectivity index (χ4v) is 0.342. The van der Waals surface area contributed by atoms with Gasteiger partial charge in [0.2, 0.25) is 0 Å². The van der Waals surface area contributed by atoms with E-state index in [-0.39, 0.29) is 12.4 Å². The summed E-state index contributed by atoms with van der Waals surface area (Å²) in [5.74, 6) is 2.34. The molecule has 0 aromatic carbocycles. The van der Waals surface area contributed by atoms with Gasteiger partial charge in [-0.1, -0.05) is 5.92 Å². The fraction of sp³-hybridized carbons (Fsp3) is 0.571. The van der Waals surface area contributed by atoms with E-state index in [0.29, 0.717) is 0 Å². The summed E-state index contributed by atoms with van der Waals surface area (Å²) in [5, 5.41) is 0. The standard InChI is InChI=1S/C7H11NO2/c1-8(2)6-4-5-7(9)10-3/h5H2,1-3H3. The van der Waals surface area contributed by atoms with E-state index < -0.39 is 0 Å². The second kappa shape index (κ2) is 4.68. The number of methoxy groups -OCH3 is 1. The van der Waals surface area contributed by atoms with Gasteiger partial charge >= 0.3 is 5.97 Å². The van der Waals surface area contributed by atoms with E-state index in [0.717, 1.165) is 0 Å². The van der Waals surface area contributed by atoms with Crippen LogP contribution in [0.3, 0.4) is 0 Å². The van der Waals surface area contributed by atoms with E-state index in [9.17, 15) is 4.79 Å². The Hall–Kier alpha value is -1.17. The van der Waals surface area contributed by atoms with Gasteiger partial charge in [-0.25, -0.2) is 0 Å². The van der Waals surface area contributed by atoms with Crippen molar-refractivity contribution in [1.82, 2.24) is 4.90 Å². The number of hydrogen-bond acceptors (Lipinski definition) is 3. The van der Waals surface area contributed by atoms with Crippen molar-refractivity contribution in [2.75, 3.05) is 21.2 Å². The molecule has 3 heteroatoms. The minimum atomic E-state index is -0.297. The number of esters is 1. The van der Waals surface area contributed by atoms with Gasteiger partial charge in [-0.05, 0) is 0 Å². The first-order valence-electron chi connectivity index (χ1n) is 2.89. The van der Waals surface area contributed by atoms with Crippen molar-refractivity contribution in [3.8, 4) is 12.0 Å². The molecule has 0 saturated heterocycles. The Balaban J connectivity index is 3.55. The molecule has 0 N–H and O–H groups in total. The molecule has 0 amide bonds. The topological polar surface area (TPSA) is 29.5 Å². The molecule has 0 atom stereocenters. The van der Waals surface area contributed by atoms with E-state index in [4.69, 9.17) is 0 Å². The van der Waals surface area contributed by atoms with Crippen LogP contribution in [0.2, 0.25) is 0 Å². The van der Waals surface area contributed by atoms with Crippen LogP contribution in [0, 0.1) is 12.0 Å². The third-order valence-corrected chi connectivity index (χ3v) is 0.763. The zero-order valence-corrected chi connectivity index (χ0v) is 6.47. The smallest absolute Gasteiger partial charge is 0.317 e. The van der Waals surface area contributed by atoms with Crippen LogP contribution in [0.15, 0.2) is 0 Å². The number of carbonyl (C=O) groups excluding carboxylic acids is 1. The third-order valence-electron chi connectivity index (χ3n) is 0.763. The lowest BCUT2D eigenvalue weighted by molar-refractivity contribution is -0.139. The van der Waals surface area contributed by atoms with E-state index in [1.165, 1.54) is 7.11 Å². The Morgan fingerprint density at radius 3 is 2.60 bits per heavy atom. The first-order valence-corrected chi connectivity index (χ1v) is 2.89. The molecule has 10 heavy (non-hydrogen) atoms. The normalized spacial score (nSPS) is 7.50. The zero-order chi connectivity index (χ0) is 7.98. The van der Waals surface area contributed by atoms with E-state index in [2.05, 4.69) is 16.7 Å². The first kappa shape index (κ1) is 8.83. The van der Waals surface area contributed by atoms with Gasteiger partial charge in [-0.2, -0.15) is 0 Å². The third kappa shape index (κ3) is 4.98. The van der Waals surface area contributed by atoms with Gasteiger partial charge in [0.1, 0.15) is 6.42 Å². The van der Waals surface area contributed by atoms with Crippen LogP contribution in [0.5, 0.6) is 0 Å². The SMILES string of the molecule is COC(=O)CC#CN(C)C. The number of carbonyl (C=O) groups is 1. The van der Waals surface area contributed by atoms with Crippen molar-refractivity contribution in [1.29, 1.82) is 0 Å². The monoisotopic (exact) mass is 141 g/mol. The van der Waals surface area contributed by atoms with Gasteiger partial charge in [0.05, 0.1) is 7.11 Å². The Labute approximate surface area is 61.0 Å². The van der Waals surface area contributed by atoms with Crippen LogP contribution in [-0.2, 0) is 9.53 Å². The summed E-state index contributed by atoms with van der Waals surface area (Å²) in [6, 6.07) is 2.69. The minimum absolute atomic E-state index is 0.161. The predicted octanol–water partition coefficient (Wildman–Crippen LogP) is 0.0720. The maximum absolute atomic E-state index is 10.5. The van der Waals surface area contributed by atoms with Crippen molar-refractivity contribution in [2.45, 2.75) is 6.42 Å². The van der Waals surface area contributed by atoms with Crippen molar-refractivity contribution < 1.29 is 9.53 Å². The molecule has 0 heterocycles. The molecular weight excluding hydrogens is 130 g/mol. The molecule has 0 rings (SSSR count). The zero-order valence-electron chi connectivity index (χ0n) is 6.47. The van der Waals surface area contributed by atoms with Gasteiger partial charge in [-0.3, -0.25) is 4.79 Å². The summed E-state index contributed by atoms with van der Waals surface area (Å²) in [5.41, 5.74) is 0. The quantitative estimate of drug-likeness (QED) is 0.294. The highest BCUT2D eigenvalue weighted by molar-refractivity contribution is 5.72. The molecule has 3 nitrogen and oxygen atoms in total. The van der Waals surface area contributed by atoms with Gasteiger partial charge < -0.3 is 9.64 Å². The van der Waals surface area contributed by atoms with Crippen LogP contribution in [0.1, 0.15) is 6.42 Å². The second-order valence-corrected chi connectivity index (χ2v) is 1.94. The van der Waals surface area contributed by atoms with Crippen LogP contribution in [-0.4, -0.2) is 32.1 Å². The second-order valence-electron chi connectivity index (χ2n) is 1.94. The summed E-state index contributed by atoms with van der Waals surface area (Å²) in [4.78, 5) is 12.1. The average Bonchev–Trinajstić information content (AvgIpc) is 1.87. The average molecular weight is 141 g/mol. The van der Waals surface area contributed by atoms with E-state index in [1.54, 1.807) is 4.90 Å². The van der Waals surface area contributed by atoms with Crippen LogP contribution < -0.4 is 0 Å². The summed E-state index contributed by atoms with van der Waals surface area (Å²) in [6.45, 7) is 0. The van der Waals surface area contributed by atoms with Crippen molar-refractivity contribution in [2.24, 2.45) is 0 Å². The number of hydrogen-bond donors (Lipinski definition) is 0. The summed E-state index contributed by atoms with van der Waals surface area (Å²) < 4.78 is 4.37. The molecule has 0 aliphatic heterocycles. The Morgan fingerprint density at radius 1 is 1.60 bits per heavy atom. The van der Waals surface area contributed by atoms with Crippen LogP contribution >= 0.6 is 0 Å². The van der Waals surface area contributed by atoms with E-state index >= 15 is 0 Å². The van der Waals surface area contributed by atoms with Crippen LogP contribution in [0.25, 0.3) is 0 Å². The lowest BCUT2D eigenvalue weighted by Crippen LogP contribution is -2.02. The molecule has 0 spiro atoms. The number of ether oxygens (including phenoxy) is 1. The molecule has 0 aromatic rings. The van der Waals surface area contributed by atoms with Crippen molar-refractivity contribution in [3.63, 3.8) is 0 Å². The van der Waals surface area contributed by atoms with Crippen molar-refractivity contribution >= 4 is 5.97 Å². The van der Waals surface area contributed by atoms with Gasteiger partial charge in [0, 0.05) is 20.1 Å². The minimum Gasteiger partial charge on any atom is -0.468 e. The highest BCUT2D eigenvalue weighted by Crippen LogP contribution is 1.79. The largest absolute Gasteiger partial charge is 0.468 e. The van der Waals surface area contributed by atoms with Crippen molar-refractivity contribution in [3.05, 3.63) is 0 Å². The summed E-state index contributed by atoms with van der Waals surface area (Å²) in [6.07, 6.45) is 0.161. The van der Waals surface area contributed by atoms with E-state index in [1.807, 2.05) is 14.1 Å². The van der Waals surface area contributed by atoms with Crippen LogP contribution in [0.4, 0.5) is 0 Å². The molecule has 0 aliphatic rings. The number of nitrogens with zero attached hydrogens (tertiary/aromatic N) is 1. The molecule has 0 radical (unpaired) electrons. The predicted molar refractivity (Wildman–Crippen MR) is 38.1 cm³/mol. The molecule has 0 aliphatic carbocycles. The molecule has 0 unspecified atom stereocenters. The maximum Gasteiger partial charge on any atom is 0.317 e. The summed E-state index contributed by atoms with van der Waals surface area (Å²) in [7, 11) is 4.97. The Morgan fingerprint density at radius 2 is 2.20 bits per heavy atom. The molecule has 56 valence electrons. The highest BCUT2D eigenvalue weighted by atomic mass is 16.5. The Kier molecular flexibility index (Phi) is 4.14. The number of rotatable bonds is 1. The molecular formula is C7H11NO2. The lowest BCUT2D eigenvalue weighted by Gasteiger charge is -1.96. The van der Waals surface area contributed by atoms with Gasteiger partial charge in [0.25, 0.3) is 0 Å². The lowest BCUT2D eigenvalue weighted by atomic mass is 10.4. The fourth-order valence-electron chi connectivity index (χ4n) is 0.342. The highest BCUT2D eigenvalue weighted by Gasteiger charge is 1.92. The van der Waals surface area contributed by atoms with Gasteiger partial charge in [0.15, 0.2) is 0 Å². The molecule has 0 fully saturated rings.